The van der Waals surface area contributed by atoms with E-state index in [4.69, 9.17) is 16.3 Å². The minimum absolute atomic E-state index is 0.108. The van der Waals surface area contributed by atoms with Crippen LogP contribution in [0.1, 0.15) is 6.42 Å². The van der Waals surface area contributed by atoms with E-state index in [0.29, 0.717) is 12.5 Å². The van der Waals surface area contributed by atoms with Crippen LogP contribution in [0.5, 0.6) is 5.75 Å². The predicted octanol–water partition coefficient (Wildman–Crippen LogP) is 2.24. The van der Waals surface area contributed by atoms with Crippen molar-refractivity contribution in [2.75, 3.05) is 19.7 Å². The zero-order chi connectivity index (χ0) is 12.3. The molecule has 0 radical (unpaired) electrons. The van der Waals surface area contributed by atoms with Crippen molar-refractivity contribution in [2.45, 2.75) is 6.42 Å². The molecule has 92 valence electrons. The maximum atomic E-state index is 10.9. The number of nitrogens with one attached hydrogen (secondary N) is 1. The van der Waals surface area contributed by atoms with Gasteiger partial charge in [-0.1, -0.05) is 17.7 Å². The van der Waals surface area contributed by atoms with E-state index in [1.165, 1.54) is 6.07 Å². The highest BCUT2D eigenvalue weighted by Crippen LogP contribution is 2.34. The summed E-state index contributed by atoms with van der Waals surface area (Å²) < 4.78 is 5.50. The highest BCUT2D eigenvalue weighted by atomic mass is 35.5. The molecule has 2 rings (SSSR count). The van der Waals surface area contributed by atoms with Crippen LogP contribution in [0.15, 0.2) is 18.2 Å². The van der Waals surface area contributed by atoms with Gasteiger partial charge in [-0.05, 0) is 25.1 Å². The van der Waals surface area contributed by atoms with Crippen molar-refractivity contribution < 1.29 is 9.66 Å². The minimum atomic E-state index is -0.509. The van der Waals surface area contributed by atoms with Gasteiger partial charge in [-0.15, -0.1) is 0 Å². The minimum Gasteiger partial charge on any atom is -0.486 e. The van der Waals surface area contributed by atoms with Crippen LogP contribution < -0.4 is 10.1 Å². The fraction of sp³-hybridized carbons (Fsp3) is 0.455. The lowest BCUT2D eigenvalue weighted by Crippen LogP contribution is -2.15. The van der Waals surface area contributed by atoms with Crippen molar-refractivity contribution in [2.24, 2.45) is 5.92 Å². The van der Waals surface area contributed by atoms with E-state index in [2.05, 4.69) is 5.32 Å². The third-order valence-corrected chi connectivity index (χ3v) is 3.07. The number of halogens is 1. The zero-order valence-corrected chi connectivity index (χ0v) is 9.94. The number of nitrogens with zero attached hydrogens (tertiary/aromatic N) is 1. The number of hydrogen-bond acceptors (Lipinski definition) is 4. The first-order chi connectivity index (χ1) is 8.18. The van der Waals surface area contributed by atoms with Crippen LogP contribution in [0, 0.1) is 16.0 Å². The SMILES string of the molecule is O=[N+]([O-])c1c(Cl)cccc1OCC1CCNC1. The first-order valence-electron chi connectivity index (χ1n) is 5.45. The molecule has 6 heteroatoms. The Morgan fingerprint density at radius 3 is 3.06 bits per heavy atom. The van der Waals surface area contributed by atoms with Gasteiger partial charge in [-0.3, -0.25) is 10.1 Å². The van der Waals surface area contributed by atoms with Gasteiger partial charge >= 0.3 is 5.69 Å². The van der Waals surface area contributed by atoms with Crippen LogP contribution in [0.3, 0.4) is 0 Å². The Morgan fingerprint density at radius 2 is 2.41 bits per heavy atom. The quantitative estimate of drug-likeness (QED) is 0.663. The molecule has 0 spiro atoms. The van der Waals surface area contributed by atoms with Crippen molar-refractivity contribution in [3.8, 4) is 5.75 Å². The van der Waals surface area contributed by atoms with E-state index in [9.17, 15) is 10.1 Å². The molecular formula is C11H13ClN2O3. The monoisotopic (exact) mass is 256 g/mol. The summed E-state index contributed by atoms with van der Waals surface area (Å²) in [6.07, 6.45) is 1.04. The molecule has 1 unspecified atom stereocenters. The summed E-state index contributed by atoms with van der Waals surface area (Å²) in [7, 11) is 0. The Kier molecular flexibility index (Phi) is 3.81. The molecule has 1 aliphatic rings. The molecule has 0 bridgehead atoms. The van der Waals surface area contributed by atoms with Gasteiger partial charge in [0.1, 0.15) is 5.02 Å². The summed E-state index contributed by atoms with van der Waals surface area (Å²) >= 11 is 5.79. The average Bonchev–Trinajstić information content (AvgIpc) is 2.78. The van der Waals surface area contributed by atoms with Gasteiger partial charge in [-0.25, -0.2) is 0 Å². The lowest BCUT2D eigenvalue weighted by atomic mass is 10.1. The smallest absolute Gasteiger partial charge is 0.329 e. The molecule has 1 aromatic rings. The van der Waals surface area contributed by atoms with Gasteiger partial charge in [0.05, 0.1) is 11.5 Å². The molecule has 0 aliphatic carbocycles. The van der Waals surface area contributed by atoms with Crippen LogP contribution >= 0.6 is 11.6 Å². The van der Waals surface area contributed by atoms with E-state index in [1.807, 2.05) is 0 Å². The van der Waals surface area contributed by atoms with Crippen molar-refractivity contribution >= 4 is 17.3 Å². The number of ether oxygens (including phenoxy) is 1. The Labute approximate surface area is 104 Å². The molecule has 1 fully saturated rings. The third kappa shape index (κ3) is 2.87. The normalized spacial score (nSPS) is 19.2. The summed E-state index contributed by atoms with van der Waals surface area (Å²) in [4.78, 5) is 10.4. The Morgan fingerprint density at radius 1 is 1.59 bits per heavy atom. The second-order valence-electron chi connectivity index (χ2n) is 4.01. The highest BCUT2D eigenvalue weighted by molar-refractivity contribution is 6.32. The summed E-state index contributed by atoms with van der Waals surface area (Å²) in [6.45, 7) is 2.36. The maximum Gasteiger partial charge on any atom is 0.329 e. The number of nitro groups is 1. The highest BCUT2D eigenvalue weighted by Gasteiger charge is 2.21. The van der Waals surface area contributed by atoms with Crippen molar-refractivity contribution in [1.29, 1.82) is 0 Å². The molecule has 1 aliphatic heterocycles. The summed E-state index contributed by atoms with van der Waals surface area (Å²) in [6, 6.07) is 4.72. The van der Waals surface area contributed by atoms with Gasteiger partial charge in [0, 0.05) is 12.5 Å². The van der Waals surface area contributed by atoms with Crippen molar-refractivity contribution in [1.82, 2.24) is 5.32 Å². The predicted molar refractivity (Wildman–Crippen MR) is 64.6 cm³/mol. The average molecular weight is 257 g/mol. The molecular weight excluding hydrogens is 244 g/mol. The Bertz CT molecular complexity index is 419. The van der Waals surface area contributed by atoms with E-state index in [1.54, 1.807) is 12.1 Å². The van der Waals surface area contributed by atoms with Crippen LogP contribution in [0.2, 0.25) is 5.02 Å². The van der Waals surface area contributed by atoms with Crippen LogP contribution in [-0.2, 0) is 0 Å². The largest absolute Gasteiger partial charge is 0.486 e. The van der Waals surface area contributed by atoms with Crippen LogP contribution in [0.4, 0.5) is 5.69 Å². The number of benzene rings is 1. The van der Waals surface area contributed by atoms with Crippen LogP contribution in [-0.4, -0.2) is 24.6 Å². The lowest BCUT2D eigenvalue weighted by Gasteiger charge is -2.11. The molecule has 0 amide bonds. The van der Waals surface area contributed by atoms with Gasteiger partial charge in [0.2, 0.25) is 0 Å². The maximum absolute atomic E-state index is 10.9. The fourth-order valence-corrected chi connectivity index (χ4v) is 2.09. The number of para-hydroxylation sites is 1. The molecule has 1 saturated heterocycles. The first-order valence-corrected chi connectivity index (χ1v) is 5.82. The third-order valence-electron chi connectivity index (χ3n) is 2.77. The van der Waals surface area contributed by atoms with E-state index >= 15 is 0 Å². The number of rotatable bonds is 4. The Balaban J connectivity index is 2.09. The van der Waals surface area contributed by atoms with Gasteiger partial charge in [0.15, 0.2) is 5.75 Å². The molecule has 0 saturated carbocycles. The molecule has 1 N–H and O–H groups in total. The fourth-order valence-electron chi connectivity index (χ4n) is 1.85. The van der Waals surface area contributed by atoms with Gasteiger partial charge < -0.3 is 10.1 Å². The Hall–Kier alpha value is -1.33. The number of nitro benzene ring substituents is 1. The zero-order valence-electron chi connectivity index (χ0n) is 9.19. The summed E-state index contributed by atoms with van der Waals surface area (Å²) in [5.74, 6) is 0.656. The topological polar surface area (TPSA) is 64.4 Å². The molecule has 1 heterocycles. The first kappa shape index (κ1) is 12.1. The van der Waals surface area contributed by atoms with E-state index in [-0.39, 0.29) is 16.5 Å². The molecule has 17 heavy (non-hydrogen) atoms. The second kappa shape index (κ2) is 5.33. The molecule has 5 nitrogen and oxygen atoms in total. The summed E-state index contributed by atoms with van der Waals surface area (Å²) in [5, 5.41) is 14.2. The van der Waals surface area contributed by atoms with Gasteiger partial charge in [-0.2, -0.15) is 0 Å². The molecule has 1 atom stereocenters. The van der Waals surface area contributed by atoms with E-state index in [0.717, 1.165) is 19.5 Å². The second-order valence-corrected chi connectivity index (χ2v) is 4.42. The summed E-state index contributed by atoms with van der Waals surface area (Å²) in [5.41, 5.74) is -0.153. The number of hydrogen-bond donors (Lipinski definition) is 1. The standard InChI is InChI=1S/C11H13ClN2O3/c12-9-2-1-3-10(11(9)14(15)16)17-7-8-4-5-13-6-8/h1-3,8,13H,4-7H2. The van der Waals surface area contributed by atoms with Crippen molar-refractivity contribution in [3.05, 3.63) is 33.3 Å². The van der Waals surface area contributed by atoms with E-state index < -0.39 is 4.92 Å². The molecule has 0 aromatic heterocycles. The lowest BCUT2D eigenvalue weighted by molar-refractivity contribution is -0.385. The van der Waals surface area contributed by atoms with Crippen LogP contribution in [0.25, 0.3) is 0 Å². The van der Waals surface area contributed by atoms with Crippen molar-refractivity contribution in [3.63, 3.8) is 0 Å². The van der Waals surface area contributed by atoms with Gasteiger partial charge in [0.25, 0.3) is 0 Å². The molecule has 1 aromatic carbocycles.